The van der Waals surface area contributed by atoms with Crippen LogP contribution >= 0.6 is 0 Å². The van der Waals surface area contributed by atoms with Crippen LogP contribution in [0.3, 0.4) is 0 Å². The molecule has 82 valence electrons. The third kappa shape index (κ3) is 2.59. The zero-order valence-corrected chi connectivity index (χ0v) is 8.73. The maximum absolute atomic E-state index is 10.8. The second-order valence-electron chi connectivity index (χ2n) is 2.73. The van der Waals surface area contributed by atoms with Gasteiger partial charge in [0.1, 0.15) is 0 Å². The summed E-state index contributed by atoms with van der Waals surface area (Å²) >= 11 is 0. The van der Waals surface area contributed by atoms with E-state index in [1.54, 1.807) is 32.0 Å². The van der Waals surface area contributed by atoms with Gasteiger partial charge < -0.3 is 9.47 Å². The number of ether oxygens (including phenoxy) is 2. The Morgan fingerprint density at radius 1 is 1.20 bits per heavy atom. The summed E-state index contributed by atoms with van der Waals surface area (Å²) in [5.74, 6) is 0.488. The summed E-state index contributed by atoms with van der Waals surface area (Å²) in [6.07, 6.45) is 0. The molecule has 15 heavy (non-hydrogen) atoms. The second-order valence-corrected chi connectivity index (χ2v) is 2.73. The van der Waals surface area contributed by atoms with Crippen molar-refractivity contribution in [3.8, 4) is 11.5 Å². The molecule has 5 heteroatoms. The van der Waals surface area contributed by atoms with E-state index in [1.807, 2.05) is 0 Å². The lowest BCUT2D eigenvalue weighted by Crippen LogP contribution is -2.01. The average Bonchev–Trinajstić information content (AvgIpc) is 2.18. The monoisotopic (exact) mass is 211 g/mol. The molecule has 1 aromatic rings. The van der Waals surface area contributed by atoms with E-state index in [0.717, 1.165) is 0 Å². The van der Waals surface area contributed by atoms with Crippen molar-refractivity contribution in [2.45, 2.75) is 13.8 Å². The van der Waals surface area contributed by atoms with Gasteiger partial charge in [0.15, 0.2) is 0 Å². The highest BCUT2D eigenvalue weighted by Gasteiger charge is 2.21. The number of rotatable bonds is 5. The Morgan fingerprint density at radius 3 is 2.00 bits per heavy atom. The molecule has 0 saturated heterocycles. The van der Waals surface area contributed by atoms with Crippen LogP contribution in [0.15, 0.2) is 18.2 Å². The molecule has 0 radical (unpaired) electrons. The maximum Gasteiger partial charge on any atom is 0.352 e. The van der Waals surface area contributed by atoms with Crippen LogP contribution in [0, 0.1) is 10.1 Å². The minimum absolute atomic E-state index is 0.110. The Hall–Kier alpha value is -1.78. The number of nitro groups is 1. The third-order valence-corrected chi connectivity index (χ3v) is 1.74. The van der Waals surface area contributed by atoms with Crippen LogP contribution in [-0.2, 0) is 0 Å². The first-order valence-corrected chi connectivity index (χ1v) is 4.73. The summed E-state index contributed by atoms with van der Waals surface area (Å²) in [5, 5.41) is 10.8. The van der Waals surface area contributed by atoms with Crippen LogP contribution in [0.4, 0.5) is 5.69 Å². The molecule has 0 unspecified atom stereocenters. The van der Waals surface area contributed by atoms with Gasteiger partial charge in [0.25, 0.3) is 0 Å². The van der Waals surface area contributed by atoms with Crippen LogP contribution in [0.5, 0.6) is 11.5 Å². The molecule has 0 heterocycles. The van der Waals surface area contributed by atoms with Crippen molar-refractivity contribution in [3.05, 3.63) is 28.3 Å². The Bertz CT molecular complexity index is 327. The molecular weight excluding hydrogens is 198 g/mol. The van der Waals surface area contributed by atoms with E-state index in [4.69, 9.17) is 9.47 Å². The quantitative estimate of drug-likeness (QED) is 0.554. The summed E-state index contributed by atoms with van der Waals surface area (Å²) in [4.78, 5) is 10.3. The van der Waals surface area contributed by atoms with Crippen molar-refractivity contribution in [1.29, 1.82) is 0 Å². The fourth-order valence-electron chi connectivity index (χ4n) is 1.23. The molecule has 5 nitrogen and oxygen atoms in total. The summed E-state index contributed by atoms with van der Waals surface area (Å²) < 4.78 is 10.3. The molecule has 0 amide bonds. The molecule has 0 atom stereocenters. The van der Waals surface area contributed by atoms with Crippen LogP contribution in [0.25, 0.3) is 0 Å². The standard InChI is InChI=1S/C10H13NO4/c1-3-14-8-6-5-7-9(15-4-2)10(8)11(12)13/h5-7H,3-4H2,1-2H3. The highest BCUT2D eigenvalue weighted by atomic mass is 16.6. The molecule has 0 aromatic heterocycles. The van der Waals surface area contributed by atoms with Gasteiger partial charge in [-0.15, -0.1) is 0 Å². The molecule has 0 fully saturated rings. The molecule has 1 rings (SSSR count). The van der Waals surface area contributed by atoms with Gasteiger partial charge in [-0.3, -0.25) is 10.1 Å². The number of nitrogens with zero attached hydrogens (tertiary/aromatic N) is 1. The van der Waals surface area contributed by atoms with Gasteiger partial charge in [0.2, 0.25) is 11.5 Å². The summed E-state index contributed by atoms with van der Waals surface area (Å²) in [6.45, 7) is 4.32. The first-order valence-electron chi connectivity index (χ1n) is 4.73. The van der Waals surface area contributed by atoms with Gasteiger partial charge in [-0.05, 0) is 26.0 Å². The number of hydrogen-bond acceptors (Lipinski definition) is 4. The lowest BCUT2D eigenvalue weighted by molar-refractivity contribution is -0.386. The van der Waals surface area contributed by atoms with Crippen molar-refractivity contribution in [3.63, 3.8) is 0 Å². The van der Waals surface area contributed by atoms with E-state index < -0.39 is 4.92 Å². The number of hydrogen-bond donors (Lipinski definition) is 0. The first-order chi connectivity index (χ1) is 7.20. The molecule has 0 N–H and O–H groups in total. The van der Waals surface area contributed by atoms with Crippen LogP contribution in [0.1, 0.15) is 13.8 Å². The Morgan fingerprint density at radius 2 is 1.67 bits per heavy atom. The fraction of sp³-hybridized carbons (Fsp3) is 0.400. The van der Waals surface area contributed by atoms with Gasteiger partial charge in [-0.2, -0.15) is 0 Å². The predicted octanol–water partition coefficient (Wildman–Crippen LogP) is 2.39. The van der Waals surface area contributed by atoms with Crippen LogP contribution in [0.2, 0.25) is 0 Å². The smallest absolute Gasteiger partial charge is 0.352 e. The lowest BCUT2D eigenvalue weighted by atomic mass is 10.2. The van der Waals surface area contributed by atoms with E-state index in [-0.39, 0.29) is 17.2 Å². The van der Waals surface area contributed by atoms with Crippen LogP contribution < -0.4 is 9.47 Å². The highest BCUT2D eigenvalue weighted by molar-refractivity contribution is 5.57. The van der Waals surface area contributed by atoms with E-state index in [2.05, 4.69) is 0 Å². The second kappa shape index (κ2) is 5.19. The van der Waals surface area contributed by atoms with Crippen LogP contribution in [-0.4, -0.2) is 18.1 Å². The molecule has 0 spiro atoms. The molecule has 0 bridgehead atoms. The zero-order valence-electron chi connectivity index (χ0n) is 8.73. The van der Waals surface area contributed by atoms with E-state index in [1.165, 1.54) is 0 Å². The van der Waals surface area contributed by atoms with Gasteiger partial charge >= 0.3 is 5.69 Å². The van der Waals surface area contributed by atoms with Gasteiger partial charge in [-0.1, -0.05) is 6.07 Å². The van der Waals surface area contributed by atoms with Gasteiger partial charge in [0.05, 0.1) is 18.1 Å². The highest BCUT2D eigenvalue weighted by Crippen LogP contribution is 2.36. The zero-order chi connectivity index (χ0) is 11.3. The molecule has 0 aliphatic rings. The van der Waals surface area contributed by atoms with Gasteiger partial charge in [-0.25, -0.2) is 0 Å². The molecule has 0 aliphatic carbocycles. The molecule has 1 aromatic carbocycles. The van der Waals surface area contributed by atoms with Crippen molar-refractivity contribution in [2.24, 2.45) is 0 Å². The Kier molecular flexibility index (Phi) is 3.91. The third-order valence-electron chi connectivity index (χ3n) is 1.74. The fourth-order valence-corrected chi connectivity index (χ4v) is 1.23. The number of nitro benzene ring substituents is 1. The number of benzene rings is 1. The molecular formula is C10H13NO4. The average molecular weight is 211 g/mol. The molecule has 0 saturated carbocycles. The van der Waals surface area contributed by atoms with E-state index in [9.17, 15) is 10.1 Å². The van der Waals surface area contributed by atoms with Crippen molar-refractivity contribution >= 4 is 5.69 Å². The normalized spacial score (nSPS) is 9.73. The summed E-state index contributed by atoms with van der Waals surface area (Å²) in [7, 11) is 0. The Labute approximate surface area is 87.8 Å². The van der Waals surface area contributed by atoms with E-state index >= 15 is 0 Å². The first kappa shape index (κ1) is 11.3. The van der Waals surface area contributed by atoms with Crippen molar-refractivity contribution in [1.82, 2.24) is 0 Å². The van der Waals surface area contributed by atoms with E-state index in [0.29, 0.717) is 13.2 Å². The van der Waals surface area contributed by atoms with Gasteiger partial charge in [0, 0.05) is 0 Å². The minimum atomic E-state index is -0.490. The van der Waals surface area contributed by atoms with Crippen molar-refractivity contribution < 1.29 is 14.4 Å². The topological polar surface area (TPSA) is 61.6 Å². The lowest BCUT2D eigenvalue weighted by Gasteiger charge is -2.08. The summed E-state index contributed by atoms with van der Waals surface area (Å²) in [6, 6.07) is 4.79. The molecule has 0 aliphatic heterocycles. The van der Waals surface area contributed by atoms with Crippen molar-refractivity contribution in [2.75, 3.05) is 13.2 Å². The SMILES string of the molecule is CCOc1cccc(OCC)c1[N+](=O)[O-]. The largest absolute Gasteiger partial charge is 0.487 e. The summed E-state index contributed by atoms with van der Waals surface area (Å²) in [5.41, 5.74) is -0.110. The number of para-hydroxylation sites is 1. The Balaban J connectivity index is 3.15. The predicted molar refractivity (Wildman–Crippen MR) is 55.4 cm³/mol. The maximum atomic E-state index is 10.8. The minimum Gasteiger partial charge on any atom is -0.487 e.